The zero-order chi connectivity index (χ0) is 11.8. The van der Waals surface area contributed by atoms with Crippen LogP contribution >= 0.6 is 0 Å². The second kappa shape index (κ2) is 7.19. The van der Waals surface area contributed by atoms with Crippen LogP contribution in [0.1, 0.15) is 19.5 Å². The van der Waals surface area contributed by atoms with Crippen molar-refractivity contribution < 1.29 is 4.74 Å². The molecule has 0 saturated heterocycles. The van der Waals surface area contributed by atoms with Gasteiger partial charge in [-0.15, -0.1) is 0 Å². The molecule has 0 bridgehead atoms. The maximum atomic E-state index is 4.97. The number of nitrogens with one attached hydrogen (secondary N) is 1. The van der Waals surface area contributed by atoms with E-state index in [2.05, 4.69) is 30.3 Å². The number of hydrogen-bond acceptors (Lipinski definition) is 3. The van der Waals surface area contributed by atoms with Crippen molar-refractivity contribution in [3.63, 3.8) is 0 Å². The van der Waals surface area contributed by atoms with E-state index in [-0.39, 0.29) is 0 Å². The largest absolute Gasteiger partial charge is 0.383 e. The highest BCUT2D eigenvalue weighted by Gasteiger charge is 1.97. The Kier molecular flexibility index (Phi) is 5.82. The minimum absolute atomic E-state index is 0.750. The van der Waals surface area contributed by atoms with Crippen LogP contribution in [0, 0.1) is 0 Å². The summed E-state index contributed by atoms with van der Waals surface area (Å²) >= 11 is 0. The Bertz CT molecular complexity index is 331. The molecule has 0 aliphatic carbocycles. The molecule has 0 unspecified atom stereocenters. The standard InChI is InChI=1S/C12H21N3O/c1-4-15-12(5-6-14-15)9-11(2)10-13-7-8-16-3/h5-6,9,13H,4,7-8,10H2,1-3H3/b11-9-. The zero-order valence-electron chi connectivity index (χ0n) is 10.4. The Morgan fingerprint density at radius 1 is 1.62 bits per heavy atom. The highest BCUT2D eigenvalue weighted by Crippen LogP contribution is 2.05. The molecule has 1 aromatic rings. The molecule has 16 heavy (non-hydrogen) atoms. The zero-order valence-corrected chi connectivity index (χ0v) is 10.4. The lowest BCUT2D eigenvalue weighted by molar-refractivity contribution is 0.200. The molecule has 0 amide bonds. The van der Waals surface area contributed by atoms with E-state index in [0.717, 1.165) is 31.9 Å². The Hall–Kier alpha value is -1.13. The SMILES string of the molecule is CCn1nccc1/C=C(/C)CNCCOC. The first-order valence-electron chi connectivity index (χ1n) is 5.66. The summed E-state index contributed by atoms with van der Waals surface area (Å²) in [4.78, 5) is 0. The summed E-state index contributed by atoms with van der Waals surface area (Å²) in [6, 6.07) is 2.03. The third-order valence-electron chi connectivity index (χ3n) is 2.33. The van der Waals surface area contributed by atoms with Crippen molar-refractivity contribution in [3.05, 3.63) is 23.5 Å². The number of aromatic nitrogens is 2. The molecule has 0 aliphatic heterocycles. The van der Waals surface area contributed by atoms with E-state index >= 15 is 0 Å². The molecule has 90 valence electrons. The van der Waals surface area contributed by atoms with Gasteiger partial charge in [-0.1, -0.05) is 5.57 Å². The molecule has 0 atom stereocenters. The van der Waals surface area contributed by atoms with Gasteiger partial charge in [0.2, 0.25) is 0 Å². The van der Waals surface area contributed by atoms with Crippen molar-refractivity contribution >= 4 is 6.08 Å². The molecule has 1 aromatic heterocycles. The molecule has 4 heteroatoms. The van der Waals surface area contributed by atoms with Crippen molar-refractivity contribution in [3.8, 4) is 0 Å². The molecular formula is C12H21N3O. The second-order valence-electron chi connectivity index (χ2n) is 3.73. The van der Waals surface area contributed by atoms with Gasteiger partial charge < -0.3 is 10.1 Å². The Labute approximate surface area is 97.3 Å². The van der Waals surface area contributed by atoms with Crippen LogP contribution in [-0.4, -0.2) is 36.6 Å². The third kappa shape index (κ3) is 4.16. The summed E-state index contributed by atoms with van der Waals surface area (Å²) in [6.45, 7) is 7.64. The fourth-order valence-corrected chi connectivity index (χ4v) is 1.49. The van der Waals surface area contributed by atoms with Crippen molar-refractivity contribution in [2.75, 3.05) is 26.8 Å². The van der Waals surface area contributed by atoms with Gasteiger partial charge in [0.25, 0.3) is 0 Å². The van der Waals surface area contributed by atoms with Crippen LogP contribution < -0.4 is 5.32 Å². The molecular weight excluding hydrogens is 202 g/mol. The van der Waals surface area contributed by atoms with Crippen LogP contribution in [0.25, 0.3) is 6.08 Å². The minimum atomic E-state index is 0.750. The molecule has 0 aromatic carbocycles. The molecule has 0 fully saturated rings. The Morgan fingerprint density at radius 3 is 3.12 bits per heavy atom. The molecule has 0 radical (unpaired) electrons. The normalized spacial score (nSPS) is 12.1. The van der Waals surface area contributed by atoms with Crippen molar-refractivity contribution in [2.45, 2.75) is 20.4 Å². The summed E-state index contributed by atoms with van der Waals surface area (Å²) in [5, 5.41) is 7.54. The molecule has 4 nitrogen and oxygen atoms in total. The van der Waals surface area contributed by atoms with Crippen molar-refractivity contribution in [2.24, 2.45) is 0 Å². The fraction of sp³-hybridized carbons (Fsp3) is 0.583. The van der Waals surface area contributed by atoms with E-state index in [1.165, 1.54) is 5.57 Å². The number of hydrogen-bond donors (Lipinski definition) is 1. The smallest absolute Gasteiger partial charge is 0.0609 e. The summed E-state index contributed by atoms with van der Waals surface area (Å²) in [7, 11) is 1.71. The van der Waals surface area contributed by atoms with Crippen molar-refractivity contribution in [1.29, 1.82) is 0 Å². The first-order chi connectivity index (χ1) is 7.77. The van der Waals surface area contributed by atoms with Gasteiger partial charge in [0.1, 0.15) is 0 Å². The summed E-state index contributed by atoms with van der Waals surface area (Å²) in [5.41, 5.74) is 2.46. The van der Waals surface area contributed by atoms with Crippen LogP contribution in [0.3, 0.4) is 0 Å². The maximum Gasteiger partial charge on any atom is 0.0609 e. The van der Waals surface area contributed by atoms with Gasteiger partial charge in [0, 0.05) is 32.9 Å². The second-order valence-corrected chi connectivity index (χ2v) is 3.73. The van der Waals surface area contributed by atoms with Gasteiger partial charge in [-0.25, -0.2) is 0 Å². The summed E-state index contributed by atoms with van der Waals surface area (Å²) < 4.78 is 6.95. The van der Waals surface area contributed by atoms with Crippen molar-refractivity contribution in [1.82, 2.24) is 15.1 Å². The van der Waals surface area contributed by atoms with Gasteiger partial charge in [-0.2, -0.15) is 5.10 Å². The molecule has 1 rings (SSSR count). The Morgan fingerprint density at radius 2 is 2.44 bits per heavy atom. The monoisotopic (exact) mass is 223 g/mol. The van der Waals surface area contributed by atoms with Gasteiger partial charge in [-0.3, -0.25) is 4.68 Å². The number of aryl methyl sites for hydroxylation is 1. The fourth-order valence-electron chi connectivity index (χ4n) is 1.49. The van der Waals surface area contributed by atoms with Gasteiger partial charge in [-0.05, 0) is 26.0 Å². The molecule has 0 spiro atoms. The number of ether oxygens (including phenoxy) is 1. The number of methoxy groups -OCH3 is 1. The molecule has 1 heterocycles. The predicted octanol–water partition coefficient (Wildman–Crippen LogP) is 1.54. The van der Waals surface area contributed by atoms with Gasteiger partial charge in [0.15, 0.2) is 0 Å². The minimum Gasteiger partial charge on any atom is -0.383 e. The lowest BCUT2D eigenvalue weighted by Gasteiger charge is -2.05. The first-order valence-corrected chi connectivity index (χ1v) is 5.66. The Balaban J connectivity index is 2.43. The topological polar surface area (TPSA) is 39.1 Å². The average Bonchev–Trinajstić information content (AvgIpc) is 2.71. The average molecular weight is 223 g/mol. The predicted molar refractivity (Wildman–Crippen MR) is 66.3 cm³/mol. The summed E-state index contributed by atoms with van der Waals surface area (Å²) in [6.07, 6.45) is 4.00. The maximum absolute atomic E-state index is 4.97. The quantitative estimate of drug-likeness (QED) is 0.713. The van der Waals surface area contributed by atoms with E-state index in [4.69, 9.17) is 4.74 Å². The number of nitrogens with zero attached hydrogens (tertiary/aromatic N) is 2. The van der Waals surface area contributed by atoms with E-state index in [1.54, 1.807) is 7.11 Å². The molecule has 0 saturated carbocycles. The highest BCUT2D eigenvalue weighted by molar-refractivity contribution is 5.48. The van der Waals surface area contributed by atoms with Crippen LogP contribution in [0.15, 0.2) is 17.8 Å². The lowest BCUT2D eigenvalue weighted by Crippen LogP contribution is -2.20. The van der Waals surface area contributed by atoms with E-state index in [9.17, 15) is 0 Å². The molecule has 1 N–H and O–H groups in total. The van der Waals surface area contributed by atoms with Gasteiger partial charge in [0.05, 0.1) is 12.3 Å². The lowest BCUT2D eigenvalue weighted by atomic mass is 10.2. The summed E-state index contributed by atoms with van der Waals surface area (Å²) in [5.74, 6) is 0. The molecule has 0 aliphatic rings. The number of rotatable bonds is 7. The highest BCUT2D eigenvalue weighted by atomic mass is 16.5. The first kappa shape index (κ1) is 12.9. The van der Waals surface area contributed by atoms with Crippen LogP contribution in [0.2, 0.25) is 0 Å². The van der Waals surface area contributed by atoms with Crippen LogP contribution in [-0.2, 0) is 11.3 Å². The van der Waals surface area contributed by atoms with Gasteiger partial charge >= 0.3 is 0 Å². The van der Waals surface area contributed by atoms with Crippen LogP contribution in [0.5, 0.6) is 0 Å². The van der Waals surface area contributed by atoms with E-state index in [1.807, 2.05) is 16.9 Å². The van der Waals surface area contributed by atoms with Crippen LogP contribution in [0.4, 0.5) is 0 Å². The van der Waals surface area contributed by atoms with E-state index < -0.39 is 0 Å². The van der Waals surface area contributed by atoms with E-state index in [0.29, 0.717) is 0 Å². The third-order valence-corrected chi connectivity index (χ3v) is 2.33.